The zero-order valence-corrected chi connectivity index (χ0v) is 9.07. The summed E-state index contributed by atoms with van der Waals surface area (Å²) in [7, 11) is -3.71. The minimum absolute atomic E-state index is 0.142. The van der Waals surface area contributed by atoms with E-state index in [-0.39, 0.29) is 18.7 Å². The van der Waals surface area contributed by atoms with Gasteiger partial charge in [-0.3, -0.25) is 4.57 Å². The van der Waals surface area contributed by atoms with Crippen LogP contribution in [-0.2, 0) is 9.09 Å². The van der Waals surface area contributed by atoms with Gasteiger partial charge < -0.3 is 18.9 Å². The highest BCUT2D eigenvalue weighted by Crippen LogP contribution is 2.43. The smallest absolute Gasteiger partial charge is 0.358 e. The molecule has 0 saturated carbocycles. The van der Waals surface area contributed by atoms with Crippen LogP contribution in [0.25, 0.3) is 0 Å². The molecule has 1 aliphatic rings. The van der Waals surface area contributed by atoms with E-state index >= 15 is 0 Å². The van der Waals surface area contributed by atoms with Gasteiger partial charge in [0.15, 0.2) is 11.5 Å². The molecule has 0 aromatic heterocycles. The van der Waals surface area contributed by atoms with Crippen molar-refractivity contribution >= 4 is 12.9 Å². The van der Waals surface area contributed by atoms with Gasteiger partial charge in [-0.05, 0) is 25.1 Å². The molecule has 2 rings (SSSR count). The van der Waals surface area contributed by atoms with Crippen LogP contribution >= 0.6 is 7.60 Å². The number of benzene rings is 1. The average Bonchev–Trinajstić information content (AvgIpc) is 2.63. The average molecular weight is 230 g/mol. The molecule has 1 unspecified atom stereocenters. The van der Waals surface area contributed by atoms with Gasteiger partial charge in [0.1, 0.15) is 0 Å². The molecule has 15 heavy (non-hydrogen) atoms. The molecular weight excluding hydrogens is 219 g/mol. The fourth-order valence-electron chi connectivity index (χ4n) is 1.31. The molecule has 82 valence electrons. The fourth-order valence-corrected chi connectivity index (χ4v) is 2.35. The highest BCUT2D eigenvalue weighted by atomic mass is 31.2. The minimum Gasteiger partial charge on any atom is -0.454 e. The summed E-state index contributed by atoms with van der Waals surface area (Å²) in [5.74, 6) is 1.05. The van der Waals surface area contributed by atoms with Crippen molar-refractivity contribution in [3.8, 4) is 11.5 Å². The zero-order valence-electron chi connectivity index (χ0n) is 8.17. The lowest BCUT2D eigenvalue weighted by Crippen LogP contribution is -2.06. The van der Waals surface area contributed by atoms with Gasteiger partial charge in [0, 0.05) is 0 Å². The van der Waals surface area contributed by atoms with E-state index in [9.17, 15) is 9.46 Å². The number of rotatable bonds is 3. The van der Waals surface area contributed by atoms with Gasteiger partial charge in [0.2, 0.25) is 6.79 Å². The van der Waals surface area contributed by atoms with Gasteiger partial charge in [-0.2, -0.15) is 0 Å². The van der Waals surface area contributed by atoms with E-state index in [0.717, 1.165) is 0 Å². The minimum atomic E-state index is -3.71. The second-order valence-electron chi connectivity index (χ2n) is 2.98. The molecule has 0 saturated heterocycles. The van der Waals surface area contributed by atoms with E-state index in [1.165, 1.54) is 12.1 Å². The first kappa shape index (κ1) is 10.5. The monoisotopic (exact) mass is 230 g/mol. The first-order valence-corrected chi connectivity index (χ1v) is 6.09. The second kappa shape index (κ2) is 3.85. The number of hydrogen-bond acceptors (Lipinski definition) is 4. The molecule has 0 fully saturated rings. The summed E-state index contributed by atoms with van der Waals surface area (Å²) in [6.07, 6.45) is 0. The Kier molecular flexibility index (Phi) is 2.69. The van der Waals surface area contributed by atoms with Crippen LogP contribution in [0.3, 0.4) is 0 Å². The molecule has 0 bridgehead atoms. The summed E-state index contributed by atoms with van der Waals surface area (Å²) in [6, 6.07) is 4.57. The molecule has 6 heteroatoms. The maximum absolute atomic E-state index is 11.7. The molecule has 0 radical (unpaired) electrons. The number of fused-ring (bicyclic) bond motifs is 1. The first-order valence-electron chi connectivity index (χ1n) is 4.51. The fraction of sp³-hybridized carbons (Fsp3) is 0.333. The van der Waals surface area contributed by atoms with Gasteiger partial charge >= 0.3 is 7.60 Å². The second-order valence-corrected chi connectivity index (χ2v) is 4.79. The van der Waals surface area contributed by atoms with Crippen molar-refractivity contribution in [3.63, 3.8) is 0 Å². The largest absolute Gasteiger partial charge is 0.454 e. The zero-order chi connectivity index (χ0) is 10.9. The van der Waals surface area contributed by atoms with Crippen LogP contribution in [0.2, 0.25) is 0 Å². The summed E-state index contributed by atoms with van der Waals surface area (Å²) in [6.45, 7) is 1.99. The van der Waals surface area contributed by atoms with Crippen molar-refractivity contribution < 1.29 is 23.5 Å². The quantitative estimate of drug-likeness (QED) is 0.792. The Bertz CT molecular complexity index is 417. The van der Waals surface area contributed by atoms with Crippen LogP contribution in [0, 0.1) is 0 Å². The van der Waals surface area contributed by atoms with E-state index in [2.05, 4.69) is 0 Å². The van der Waals surface area contributed by atoms with Gasteiger partial charge in [0.25, 0.3) is 0 Å². The summed E-state index contributed by atoms with van der Waals surface area (Å²) in [4.78, 5) is 9.55. The Hall–Kier alpha value is -1.03. The summed E-state index contributed by atoms with van der Waals surface area (Å²) >= 11 is 0. The lowest BCUT2D eigenvalue weighted by atomic mass is 10.3. The predicted molar refractivity (Wildman–Crippen MR) is 53.7 cm³/mol. The normalized spacial score (nSPS) is 17.5. The molecule has 1 aromatic rings. The molecule has 0 aliphatic carbocycles. The predicted octanol–water partition coefficient (Wildman–Crippen LogP) is 1.26. The highest BCUT2D eigenvalue weighted by molar-refractivity contribution is 7.61. The number of ether oxygens (including phenoxy) is 2. The molecule has 0 spiro atoms. The Morgan fingerprint density at radius 3 is 2.93 bits per heavy atom. The maximum Gasteiger partial charge on any atom is 0.358 e. The molecule has 0 amide bonds. The van der Waals surface area contributed by atoms with Crippen molar-refractivity contribution in [2.45, 2.75) is 6.92 Å². The van der Waals surface area contributed by atoms with Gasteiger partial charge in [-0.25, -0.2) is 0 Å². The molecular formula is C9H11O5P. The third kappa shape index (κ3) is 2.00. The lowest BCUT2D eigenvalue weighted by molar-refractivity contribution is 0.174. The molecule has 1 atom stereocenters. The van der Waals surface area contributed by atoms with E-state index in [0.29, 0.717) is 11.5 Å². The Morgan fingerprint density at radius 1 is 1.47 bits per heavy atom. The summed E-state index contributed by atoms with van der Waals surface area (Å²) in [5, 5.41) is 0.216. The molecule has 1 aliphatic heterocycles. The third-order valence-corrected chi connectivity index (χ3v) is 3.53. The lowest BCUT2D eigenvalue weighted by Gasteiger charge is -2.10. The van der Waals surface area contributed by atoms with Crippen molar-refractivity contribution in [2.75, 3.05) is 13.4 Å². The van der Waals surface area contributed by atoms with Crippen LogP contribution in [-0.4, -0.2) is 18.3 Å². The molecule has 1 aromatic carbocycles. The van der Waals surface area contributed by atoms with Crippen LogP contribution in [0.5, 0.6) is 11.5 Å². The summed E-state index contributed by atoms with van der Waals surface area (Å²) < 4.78 is 26.6. The highest BCUT2D eigenvalue weighted by Gasteiger charge is 2.25. The Balaban J connectivity index is 2.34. The van der Waals surface area contributed by atoms with E-state index in [1.807, 2.05) is 0 Å². The third-order valence-electron chi connectivity index (χ3n) is 1.99. The number of hydrogen-bond donors (Lipinski definition) is 1. The van der Waals surface area contributed by atoms with E-state index in [1.54, 1.807) is 13.0 Å². The van der Waals surface area contributed by atoms with Crippen molar-refractivity contribution in [3.05, 3.63) is 18.2 Å². The van der Waals surface area contributed by atoms with Crippen LogP contribution in [0.1, 0.15) is 6.92 Å². The van der Waals surface area contributed by atoms with Crippen molar-refractivity contribution in [2.24, 2.45) is 0 Å². The van der Waals surface area contributed by atoms with E-state index < -0.39 is 7.60 Å². The maximum atomic E-state index is 11.7. The first-order chi connectivity index (χ1) is 7.13. The Morgan fingerprint density at radius 2 is 2.20 bits per heavy atom. The topological polar surface area (TPSA) is 65.0 Å². The molecule has 5 nitrogen and oxygen atoms in total. The van der Waals surface area contributed by atoms with Crippen molar-refractivity contribution in [1.82, 2.24) is 0 Å². The van der Waals surface area contributed by atoms with Crippen LogP contribution < -0.4 is 14.8 Å². The standard InChI is InChI=1S/C9H11O5P/c1-2-14-15(10,11)7-3-4-8-9(5-7)13-6-12-8/h3-5H,2,6H2,1H3,(H,10,11). The van der Waals surface area contributed by atoms with Gasteiger partial charge in [-0.15, -0.1) is 0 Å². The molecule has 1 N–H and O–H groups in total. The van der Waals surface area contributed by atoms with E-state index in [4.69, 9.17) is 14.0 Å². The Labute approximate surface area is 87.1 Å². The van der Waals surface area contributed by atoms with Crippen molar-refractivity contribution in [1.29, 1.82) is 0 Å². The molecule has 1 heterocycles. The summed E-state index contributed by atoms with van der Waals surface area (Å²) in [5.41, 5.74) is 0. The van der Waals surface area contributed by atoms with Crippen LogP contribution in [0.15, 0.2) is 18.2 Å². The van der Waals surface area contributed by atoms with Gasteiger partial charge in [-0.1, -0.05) is 0 Å². The SMILES string of the molecule is CCOP(=O)(O)c1ccc2c(c1)OCO2. The van der Waals surface area contributed by atoms with Crippen LogP contribution in [0.4, 0.5) is 0 Å². The van der Waals surface area contributed by atoms with Gasteiger partial charge in [0.05, 0.1) is 11.9 Å².